The number of rotatable bonds is 1. The van der Waals surface area contributed by atoms with Crippen LogP contribution in [0.15, 0.2) is 0 Å². The first-order valence-corrected chi connectivity index (χ1v) is 2.53. The molecule has 0 atom stereocenters. The quantitative estimate of drug-likeness (QED) is 0.622. The van der Waals surface area contributed by atoms with Crippen LogP contribution in [-0.2, 0) is 4.74 Å². The Labute approximate surface area is 81.1 Å². The highest BCUT2D eigenvalue weighted by Crippen LogP contribution is 2.13. The Bertz CT molecular complexity index is 65.7. The molecule has 0 radical (unpaired) electrons. The smallest absolute Gasteiger partial charge is 0.375 e. The molecule has 0 rings (SSSR count). The van der Waals surface area contributed by atoms with E-state index < -0.39 is 19.7 Å². The van der Waals surface area contributed by atoms with Gasteiger partial charge in [0.15, 0.2) is 0 Å². The van der Waals surface area contributed by atoms with Gasteiger partial charge in [0.25, 0.3) is 0 Å². The third-order valence-corrected chi connectivity index (χ3v) is 0.308. The van der Waals surface area contributed by atoms with Crippen molar-refractivity contribution in [2.24, 2.45) is 0 Å². The van der Waals surface area contributed by atoms with E-state index in [4.69, 9.17) is 0 Å². The van der Waals surface area contributed by atoms with Crippen LogP contribution in [0.1, 0.15) is 14.9 Å². The monoisotopic (exact) mass is 232 g/mol. The molecular formula is C7H18F6O. The summed E-state index contributed by atoms with van der Waals surface area (Å²) in [6, 6.07) is 0. The molecule has 0 saturated carbocycles. The number of methoxy groups -OCH3 is 1. The van der Waals surface area contributed by atoms with Crippen LogP contribution in [0.3, 0.4) is 0 Å². The summed E-state index contributed by atoms with van der Waals surface area (Å²) >= 11 is 0. The SMILES string of the molecule is C.C.CF.COCC(F)(F)F.FCF. The van der Waals surface area contributed by atoms with Crippen molar-refractivity contribution < 1.29 is 31.1 Å². The molecule has 0 unspecified atom stereocenters. The summed E-state index contributed by atoms with van der Waals surface area (Å²) in [5, 5.41) is 0. The van der Waals surface area contributed by atoms with E-state index in [0.29, 0.717) is 7.18 Å². The van der Waals surface area contributed by atoms with Gasteiger partial charge in [-0.05, 0) is 0 Å². The van der Waals surface area contributed by atoms with Gasteiger partial charge >= 0.3 is 6.18 Å². The predicted molar refractivity (Wildman–Crippen MR) is 45.5 cm³/mol. The molecule has 0 heterocycles. The van der Waals surface area contributed by atoms with Crippen LogP contribution in [0.25, 0.3) is 0 Å². The molecule has 14 heavy (non-hydrogen) atoms. The maximum absolute atomic E-state index is 10.9. The third-order valence-electron chi connectivity index (χ3n) is 0.308. The third kappa shape index (κ3) is 102. The molecule has 0 aliphatic carbocycles. The summed E-state index contributed by atoms with van der Waals surface area (Å²) in [4.78, 5) is 0. The summed E-state index contributed by atoms with van der Waals surface area (Å²) in [5.41, 5.74) is 0. The Hall–Kier alpha value is -0.460. The Balaban J connectivity index is -0.0000000337. The Morgan fingerprint density at radius 1 is 1.00 bits per heavy atom. The molecule has 7 heteroatoms. The fraction of sp³-hybridized carbons (Fsp3) is 1.00. The van der Waals surface area contributed by atoms with Crippen molar-refractivity contribution in [1.82, 2.24) is 0 Å². The minimum absolute atomic E-state index is 0. The first kappa shape index (κ1) is 29.2. The van der Waals surface area contributed by atoms with Gasteiger partial charge in [-0.25, -0.2) is 8.78 Å². The molecule has 0 bridgehead atoms. The van der Waals surface area contributed by atoms with Crippen molar-refractivity contribution in [3.05, 3.63) is 0 Å². The van der Waals surface area contributed by atoms with Gasteiger partial charge in [-0.15, -0.1) is 0 Å². The maximum atomic E-state index is 10.9. The van der Waals surface area contributed by atoms with Crippen LogP contribution in [0.4, 0.5) is 26.3 Å². The van der Waals surface area contributed by atoms with Gasteiger partial charge < -0.3 is 4.74 Å². The first-order chi connectivity index (χ1) is 5.47. The van der Waals surface area contributed by atoms with Crippen LogP contribution in [0.5, 0.6) is 0 Å². The first-order valence-electron chi connectivity index (χ1n) is 2.53. The fourth-order valence-electron chi connectivity index (χ4n) is 0.164. The molecule has 0 spiro atoms. The van der Waals surface area contributed by atoms with E-state index in [0.717, 1.165) is 7.11 Å². The second kappa shape index (κ2) is 22.9. The predicted octanol–water partition coefficient (Wildman–Crippen LogP) is 3.94. The summed E-state index contributed by atoms with van der Waals surface area (Å²) in [7, 11) is 1.51. The molecule has 0 aromatic rings. The second-order valence-electron chi connectivity index (χ2n) is 1.15. The zero-order valence-electron chi connectivity index (χ0n) is 6.59. The van der Waals surface area contributed by atoms with Gasteiger partial charge in [-0.1, -0.05) is 14.9 Å². The van der Waals surface area contributed by atoms with Crippen molar-refractivity contribution in [3.8, 4) is 0 Å². The van der Waals surface area contributed by atoms with Crippen molar-refractivity contribution in [1.29, 1.82) is 0 Å². The van der Waals surface area contributed by atoms with E-state index in [1.807, 2.05) is 0 Å². The van der Waals surface area contributed by atoms with Crippen LogP contribution in [0.2, 0.25) is 0 Å². The van der Waals surface area contributed by atoms with E-state index >= 15 is 0 Å². The number of halogens is 6. The molecule has 94 valence electrons. The van der Waals surface area contributed by atoms with Crippen molar-refractivity contribution in [2.45, 2.75) is 21.0 Å². The zero-order chi connectivity index (χ0) is 10.6. The van der Waals surface area contributed by atoms with Crippen LogP contribution < -0.4 is 0 Å². The fourth-order valence-corrected chi connectivity index (χ4v) is 0.164. The van der Waals surface area contributed by atoms with E-state index in [1.165, 1.54) is 0 Å². The minimum Gasteiger partial charge on any atom is -0.375 e. The highest BCUT2D eigenvalue weighted by Gasteiger charge is 2.26. The lowest BCUT2D eigenvalue weighted by Crippen LogP contribution is -2.14. The van der Waals surface area contributed by atoms with Crippen LogP contribution in [-0.4, -0.2) is 34.0 Å². The maximum Gasteiger partial charge on any atom is 0.411 e. The molecule has 0 fully saturated rings. The number of ether oxygens (including phenoxy) is 1. The molecule has 0 aliphatic heterocycles. The van der Waals surface area contributed by atoms with Gasteiger partial charge in [0, 0.05) is 7.11 Å². The summed E-state index contributed by atoms with van der Waals surface area (Å²) < 4.78 is 65.3. The Morgan fingerprint density at radius 3 is 1.21 bits per heavy atom. The topological polar surface area (TPSA) is 9.23 Å². The minimum atomic E-state index is -4.17. The normalized spacial score (nSPS) is 7.71. The largest absolute Gasteiger partial charge is 0.411 e. The van der Waals surface area contributed by atoms with Crippen molar-refractivity contribution in [2.75, 3.05) is 27.8 Å². The lowest BCUT2D eigenvalue weighted by atomic mass is 10.7. The van der Waals surface area contributed by atoms with Crippen molar-refractivity contribution in [3.63, 3.8) is 0 Å². The van der Waals surface area contributed by atoms with Gasteiger partial charge in [0.1, 0.15) is 6.61 Å². The molecule has 0 aromatic carbocycles. The zero-order valence-corrected chi connectivity index (χ0v) is 6.59. The van der Waals surface area contributed by atoms with E-state index in [-0.39, 0.29) is 14.9 Å². The van der Waals surface area contributed by atoms with Crippen LogP contribution in [0, 0.1) is 0 Å². The lowest BCUT2D eigenvalue weighted by molar-refractivity contribution is -0.167. The van der Waals surface area contributed by atoms with Gasteiger partial charge in [0.2, 0.25) is 6.93 Å². The van der Waals surface area contributed by atoms with E-state index in [9.17, 15) is 26.3 Å². The van der Waals surface area contributed by atoms with E-state index in [1.54, 1.807) is 0 Å². The number of alkyl halides is 6. The van der Waals surface area contributed by atoms with E-state index in [2.05, 4.69) is 4.74 Å². The van der Waals surface area contributed by atoms with Gasteiger partial charge in [-0.2, -0.15) is 13.2 Å². The summed E-state index contributed by atoms with van der Waals surface area (Å²) in [5.74, 6) is 0. The molecule has 0 N–H and O–H groups in total. The van der Waals surface area contributed by atoms with Gasteiger partial charge in [0.05, 0.1) is 7.18 Å². The molecular weight excluding hydrogens is 214 g/mol. The molecule has 0 amide bonds. The molecule has 0 aliphatic rings. The standard InChI is InChI=1S/C3H5F3O.CH2F2.CH3F.2CH4/c1-7-2-3(4,5)6;2-1-3;1-2;;/h2H2,1H3;1H2;1H3;2*1H4. The number of hydrogen-bond donors (Lipinski definition) is 0. The highest BCUT2D eigenvalue weighted by atomic mass is 19.4. The second-order valence-corrected chi connectivity index (χ2v) is 1.15. The summed E-state index contributed by atoms with van der Waals surface area (Å²) in [6.45, 7) is -2.91. The van der Waals surface area contributed by atoms with Crippen molar-refractivity contribution >= 4 is 0 Å². The lowest BCUT2D eigenvalue weighted by Gasteiger charge is -2.01. The molecule has 0 saturated heterocycles. The average Bonchev–Trinajstić information content (AvgIpc) is 1.91. The summed E-state index contributed by atoms with van der Waals surface area (Å²) in [6.07, 6.45) is -4.17. The molecule has 1 nitrogen and oxygen atoms in total. The Kier molecular flexibility index (Phi) is 47.7. The Morgan fingerprint density at radius 2 is 1.21 bits per heavy atom. The van der Waals surface area contributed by atoms with Gasteiger partial charge in [-0.3, -0.25) is 4.39 Å². The van der Waals surface area contributed by atoms with Crippen LogP contribution >= 0.6 is 0 Å². The average molecular weight is 232 g/mol. The highest BCUT2D eigenvalue weighted by molar-refractivity contribution is 4.41. The number of hydrogen-bond acceptors (Lipinski definition) is 1. The molecule has 0 aromatic heterocycles.